The van der Waals surface area contributed by atoms with Crippen molar-refractivity contribution >= 4 is 5.97 Å². The molecule has 2 atom stereocenters. The fourth-order valence-corrected chi connectivity index (χ4v) is 1.99. The zero-order valence-electron chi connectivity index (χ0n) is 10.1. The van der Waals surface area contributed by atoms with Gasteiger partial charge in [-0.1, -0.05) is 39.7 Å². The summed E-state index contributed by atoms with van der Waals surface area (Å²) in [5.74, 6) is 0.284. The summed E-state index contributed by atoms with van der Waals surface area (Å²) < 4.78 is 5.44. The van der Waals surface area contributed by atoms with Gasteiger partial charge >= 0.3 is 5.97 Å². The first-order chi connectivity index (χ1) is 7.19. The molecule has 0 bridgehead atoms. The maximum atomic E-state index is 11.5. The first-order valence-electron chi connectivity index (χ1n) is 6.10. The topological polar surface area (TPSA) is 26.3 Å². The number of carbonyl (C=O) groups is 1. The molecular weight excluding hydrogens is 188 g/mol. The lowest BCUT2D eigenvalue weighted by molar-refractivity contribution is -0.148. The van der Waals surface area contributed by atoms with Crippen molar-refractivity contribution in [2.24, 2.45) is 5.92 Å². The van der Waals surface area contributed by atoms with Crippen LogP contribution < -0.4 is 0 Å². The third-order valence-electron chi connectivity index (χ3n) is 3.04. The summed E-state index contributed by atoms with van der Waals surface area (Å²) >= 11 is 0. The number of rotatable bonds is 5. The van der Waals surface area contributed by atoms with Gasteiger partial charge in [-0.15, -0.1) is 0 Å². The van der Waals surface area contributed by atoms with E-state index in [0.29, 0.717) is 5.92 Å². The van der Waals surface area contributed by atoms with E-state index < -0.39 is 0 Å². The third-order valence-corrected chi connectivity index (χ3v) is 3.04. The summed E-state index contributed by atoms with van der Waals surface area (Å²) in [4.78, 5) is 11.5. The first-order valence-corrected chi connectivity index (χ1v) is 6.10. The van der Waals surface area contributed by atoms with Crippen LogP contribution in [0.2, 0.25) is 0 Å². The van der Waals surface area contributed by atoms with Crippen LogP contribution >= 0.6 is 0 Å². The second-order valence-electron chi connectivity index (χ2n) is 4.34. The Bertz CT molecular complexity index is 243. The van der Waals surface area contributed by atoms with Gasteiger partial charge in [0.25, 0.3) is 0 Å². The zero-order chi connectivity index (χ0) is 11.3. The normalized spacial score (nSPS) is 26.1. The monoisotopic (exact) mass is 210 g/mol. The Morgan fingerprint density at radius 3 is 2.67 bits per heavy atom. The lowest BCUT2D eigenvalue weighted by Gasteiger charge is -2.27. The van der Waals surface area contributed by atoms with Crippen molar-refractivity contribution in [3.8, 4) is 0 Å². The molecule has 0 aromatic heterocycles. The predicted octanol–water partition coefficient (Wildman–Crippen LogP) is 3.46. The van der Waals surface area contributed by atoms with Gasteiger partial charge in [0.05, 0.1) is 0 Å². The SMILES string of the molecule is CCCCCC1OC(=O)C(CC)=CC1C. The van der Waals surface area contributed by atoms with Gasteiger partial charge in [-0.2, -0.15) is 0 Å². The van der Waals surface area contributed by atoms with Crippen LogP contribution in [0, 0.1) is 5.92 Å². The lowest BCUT2D eigenvalue weighted by Crippen LogP contribution is -2.30. The van der Waals surface area contributed by atoms with Crippen LogP contribution in [0.15, 0.2) is 11.6 Å². The van der Waals surface area contributed by atoms with Crippen molar-refractivity contribution in [3.05, 3.63) is 11.6 Å². The minimum Gasteiger partial charge on any atom is -0.458 e. The highest BCUT2D eigenvalue weighted by Gasteiger charge is 2.26. The van der Waals surface area contributed by atoms with E-state index >= 15 is 0 Å². The van der Waals surface area contributed by atoms with Gasteiger partial charge < -0.3 is 4.74 Å². The van der Waals surface area contributed by atoms with E-state index in [4.69, 9.17) is 4.74 Å². The van der Waals surface area contributed by atoms with Crippen LogP contribution in [0.5, 0.6) is 0 Å². The minimum absolute atomic E-state index is 0.0999. The van der Waals surface area contributed by atoms with E-state index in [9.17, 15) is 4.79 Å². The number of cyclic esters (lactones) is 1. The number of esters is 1. The standard InChI is InChI=1S/C13H22O2/c1-4-6-7-8-12-10(3)9-11(5-2)13(14)15-12/h9-10,12H,4-8H2,1-3H3. The maximum absolute atomic E-state index is 11.5. The molecule has 2 heteroatoms. The van der Waals surface area contributed by atoms with Crippen LogP contribution in [0.1, 0.15) is 52.9 Å². The minimum atomic E-state index is -0.0999. The fourth-order valence-electron chi connectivity index (χ4n) is 1.99. The van der Waals surface area contributed by atoms with Crippen molar-refractivity contribution in [2.75, 3.05) is 0 Å². The van der Waals surface area contributed by atoms with Crippen LogP contribution in [0.25, 0.3) is 0 Å². The molecule has 2 unspecified atom stereocenters. The van der Waals surface area contributed by atoms with Crippen molar-refractivity contribution < 1.29 is 9.53 Å². The largest absolute Gasteiger partial charge is 0.458 e. The summed E-state index contributed by atoms with van der Waals surface area (Å²) in [6, 6.07) is 0. The molecule has 86 valence electrons. The highest BCUT2D eigenvalue weighted by Crippen LogP contribution is 2.25. The Hall–Kier alpha value is -0.790. The molecule has 0 aromatic carbocycles. The van der Waals surface area contributed by atoms with Gasteiger partial charge in [-0.3, -0.25) is 0 Å². The van der Waals surface area contributed by atoms with E-state index in [0.717, 1.165) is 24.8 Å². The lowest BCUT2D eigenvalue weighted by atomic mass is 9.93. The number of ether oxygens (including phenoxy) is 1. The van der Waals surface area contributed by atoms with Crippen LogP contribution in [-0.2, 0) is 9.53 Å². The molecule has 0 saturated heterocycles. The van der Waals surface area contributed by atoms with Crippen LogP contribution in [0.4, 0.5) is 0 Å². The highest BCUT2D eigenvalue weighted by molar-refractivity contribution is 5.89. The average Bonchev–Trinajstić information content (AvgIpc) is 2.23. The number of carbonyl (C=O) groups excluding carboxylic acids is 1. The molecule has 0 spiro atoms. The molecule has 1 rings (SSSR count). The van der Waals surface area contributed by atoms with Crippen molar-refractivity contribution in [3.63, 3.8) is 0 Å². The van der Waals surface area contributed by atoms with Gasteiger partial charge in [-0.25, -0.2) is 4.79 Å². The number of hydrogen-bond acceptors (Lipinski definition) is 2. The number of unbranched alkanes of at least 4 members (excludes halogenated alkanes) is 2. The van der Waals surface area contributed by atoms with E-state index in [1.807, 2.05) is 6.92 Å². The van der Waals surface area contributed by atoms with Crippen molar-refractivity contribution in [2.45, 2.75) is 59.0 Å². The van der Waals surface area contributed by atoms with Gasteiger partial charge in [-0.05, 0) is 19.3 Å². The molecule has 0 saturated carbocycles. The molecule has 0 radical (unpaired) electrons. The number of hydrogen-bond donors (Lipinski definition) is 0. The second-order valence-corrected chi connectivity index (χ2v) is 4.34. The first kappa shape index (κ1) is 12.3. The van der Waals surface area contributed by atoms with E-state index in [1.165, 1.54) is 12.8 Å². The molecular formula is C13H22O2. The zero-order valence-corrected chi connectivity index (χ0v) is 10.1. The molecule has 0 amide bonds. The Kier molecular flexibility index (Phi) is 4.86. The Morgan fingerprint density at radius 2 is 2.07 bits per heavy atom. The Labute approximate surface area is 92.7 Å². The third kappa shape index (κ3) is 3.37. The van der Waals surface area contributed by atoms with E-state index in [2.05, 4.69) is 19.9 Å². The second kappa shape index (κ2) is 5.94. The molecule has 0 aromatic rings. The molecule has 1 aliphatic heterocycles. The van der Waals surface area contributed by atoms with Crippen LogP contribution in [-0.4, -0.2) is 12.1 Å². The van der Waals surface area contributed by atoms with Crippen molar-refractivity contribution in [1.29, 1.82) is 0 Å². The summed E-state index contributed by atoms with van der Waals surface area (Å²) in [7, 11) is 0. The molecule has 2 nitrogen and oxygen atoms in total. The fraction of sp³-hybridized carbons (Fsp3) is 0.769. The van der Waals surface area contributed by atoms with Crippen molar-refractivity contribution in [1.82, 2.24) is 0 Å². The Morgan fingerprint density at radius 1 is 1.33 bits per heavy atom. The van der Waals surface area contributed by atoms with Gasteiger partial charge in [0.2, 0.25) is 0 Å². The molecule has 0 aliphatic carbocycles. The van der Waals surface area contributed by atoms with E-state index in [-0.39, 0.29) is 12.1 Å². The molecule has 0 N–H and O–H groups in total. The average molecular weight is 210 g/mol. The van der Waals surface area contributed by atoms with Gasteiger partial charge in [0.15, 0.2) is 0 Å². The molecule has 15 heavy (non-hydrogen) atoms. The van der Waals surface area contributed by atoms with E-state index in [1.54, 1.807) is 0 Å². The summed E-state index contributed by atoms with van der Waals surface area (Å²) in [6.07, 6.45) is 7.59. The molecule has 1 aliphatic rings. The molecule has 0 fully saturated rings. The summed E-state index contributed by atoms with van der Waals surface area (Å²) in [6.45, 7) is 6.32. The summed E-state index contributed by atoms with van der Waals surface area (Å²) in [5.41, 5.74) is 0.842. The maximum Gasteiger partial charge on any atom is 0.333 e. The smallest absolute Gasteiger partial charge is 0.333 e. The Balaban J connectivity index is 2.49. The molecule has 1 heterocycles. The summed E-state index contributed by atoms with van der Waals surface area (Å²) in [5, 5.41) is 0. The van der Waals surface area contributed by atoms with Gasteiger partial charge in [0.1, 0.15) is 6.10 Å². The highest BCUT2D eigenvalue weighted by atomic mass is 16.5. The van der Waals surface area contributed by atoms with Gasteiger partial charge in [0, 0.05) is 11.5 Å². The quantitative estimate of drug-likeness (QED) is 0.513. The van der Waals surface area contributed by atoms with Crippen LogP contribution in [0.3, 0.4) is 0 Å². The predicted molar refractivity (Wildman–Crippen MR) is 61.6 cm³/mol.